The van der Waals surface area contributed by atoms with Gasteiger partial charge in [-0.05, 0) is 62.5 Å². The summed E-state index contributed by atoms with van der Waals surface area (Å²) in [6.07, 6.45) is 0. The van der Waals surface area contributed by atoms with E-state index in [0.29, 0.717) is 6.61 Å². The molecule has 1 unspecified atom stereocenters. The number of benzene rings is 1. The van der Waals surface area contributed by atoms with Gasteiger partial charge in [0.1, 0.15) is 5.75 Å². The molecule has 0 aliphatic heterocycles. The molecular formula is C13H11Br2ClOS. The van der Waals surface area contributed by atoms with Crippen LogP contribution in [0.5, 0.6) is 5.75 Å². The van der Waals surface area contributed by atoms with Crippen LogP contribution in [0.2, 0.25) is 0 Å². The van der Waals surface area contributed by atoms with Gasteiger partial charge in [-0.25, -0.2) is 0 Å². The standard InChI is InChI=1S/C13H11Br2ClOS/c1-2-17-9-5-3-8(4-6-9)12(16)10-7-11(14)18-13(10)15/h3-7,12H,2H2,1H3. The van der Waals surface area contributed by atoms with Crippen molar-refractivity contribution in [3.8, 4) is 5.75 Å². The smallest absolute Gasteiger partial charge is 0.119 e. The van der Waals surface area contributed by atoms with Crippen LogP contribution < -0.4 is 4.74 Å². The van der Waals surface area contributed by atoms with E-state index in [1.807, 2.05) is 37.3 Å². The molecular weight excluding hydrogens is 399 g/mol. The summed E-state index contributed by atoms with van der Waals surface area (Å²) in [6.45, 7) is 2.64. The van der Waals surface area contributed by atoms with Crippen LogP contribution in [-0.4, -0.2) is 6.61 Å². The van der Waals surface area contributed by atoms with Crippen molar-refractivity contribution in [2.45, 2.75) is 12.3 Å². The Hall–Kier alpha value is -0.0300. The molecule has 5 heteroatoms. The first-order valence-corrected chi connectivity index (χ1v) is 8.27. The van der Waals surface area contributed by atoms with Crippen LogP contribution in [0.3, 0.4) is 0 Å². The second-order valence-corrected chi connectivity index (χ2v) is 7.83. The summed E-state index contributed by atoms with van der Waals surface area (Å²) < 4.78 is 7.55. The normalized spacial score (nSPS) is 12.4. The fraction of sp³-hybridized carbons (Fsp3) is 0.231. The maximum Gasteiger partial charge on any atom is 0.119 e. The Bertz CT molecular complexity index is 524. The highest BCUT2D eigenvalue weighted by molar-refractivity contribution is 9.12. The largest absolute Gasteiger partial charge is 0.494 e. The molecule has 1 aromatic heterocycles. The first-order chi connectivity index (χ1) is 8.61. The van der Waals surface area contributed by atoms with Gasteiger partial charge in [0.15, 0.2) is 0 Å². The molecule has 1 nitrogen and oxygen atoms in total. The number of halogens is 3. The van der Waals surface area contributed by atoms with Crippen LogP contribution in [0.4, 0.5) is 0 Å². The fourth-order valence-corrected chi connectivity index (χ4v) is 5.02. The van der Waals surface area contributed by atoms with Crippen LogP contribution in [-0.2, 0) is 0 Å². The SMILES string of the molecule is CCOc1ccc(C(Cl)c2cc(Br)sc2Br)cc1. The maximum atomic E-state index is 6.49. The quantitative estimate of drug-likeness (QED) is 0.562. The Morgan fingerprint density at radius 2 is 1.94 bits per heavy atom. The minimum atomic E-state index is -0.155. The van der Waals surface area contributed by atoms with Gasteiger partial charge in [-0.3, -0.25) is 0 Å². The van der Waals surface area contributed by atoms with Gasteiger partial charge in [-0.1, -0.05) is 12.1 Å². The van der Waals surface area contributed by atoms with E-state index in [9.17, 15) is 0 Å². The van der Waals surface area contributed by atoms with E-state index in [4.69, 9.17) is 16.3 Å². The Balaban J connectivity index is 2.23. The van der Waals surface area contributed by atoms with Crippen molar-refractivity contribution in [2.24, 2.45) is 0 Å². The number of hydrogen-bond donors (Lipinski definition) is 0. The monoisotopic (exact) mass is 408 g/mol. The molecule has 0 bridgehead atoms. The molecule has 18 heavy (non-hydrogen) atoms. The lowest BCUT2D eigenvalue weighted by Crippen LogP contribution is -1.94. The zero-order chi connectivity index (χ0) is 13.1. The second-order valence-electron chi connectivity index (χ2n) is 3.64. The van der Waals surface area contributed by atoms with E-state index < -0.39 is 0 Å². The second kappa shape index (κ2) is 6.42. The summed E-state index contributed by atoms with van der Waals surface area (Å²) in [4.78, 5) is 0. The van der Waals surface area contributed by atoms with Crippen molar-refractivity contribution in [3.63, 3.8) is 0 Å². The summed E-state index contributed by atoms with van der Waals surface area (Å²) in [7, 11) is 0. The average molecular weight is 411 g/mol. The minimum Gasteiger partial charge on any atom is -0.494 e. The van der Waals surface area contributed by atoms with E-state index >= 15 is 0 Å². The van der Waals surface area contributed by atoms with Crippen molar-refractivity contribution >= 4 is 54.8 Å². The van der Waals surface area contributed by atoms with Gasteiger partial charge in [0.2, 0.25) is 0 Å². The van der Waals surface area contributed by atoms with Gasteiger partial charge in [0.25, 0.3) is 0 Å². The van der Waals surface area contributed by atoms with E-state index in [2.05, 4.69) is 31.9 Å². The molecule has 0 aliphatic carbocycles. The van der Waals surface area contributed by atoms with Gasteiger partial charge in [-0.15, -0.1) is 22.9 Å². The summed E-state index contributed by atoms with van der Waals surface area (Å²) >= 11 is 15.1. The average Bonchev–Trinajstić information content (AvgIpc) is 2.69. The van der Waals surface area contributed by atoms with Crippen LogP contribution in [0.1, 0.15) is 23.4 Å². The minimum absolute atomic E-state index is 0.155. The maximum absolute atomic E-state index is 6.49. The van der Waals surface area contributed by atoms with E-state index in [1.54, 1.807) is 11.3 Å². The Morgan fingerprint density at radius 3 is 2.44 bits per heavy atom. The topological polar surface area (TPSA) is 9.23 Å². The van der Waals surface area contributed by atoms with E-state index in [-0.39, 0.29) is 5.38 Å². The number of rotatable bonds is 4. The van der Waals surface area contributed by atoms with Crippen molar-refractivity contribution in [1.82, 2.24) is 0 Å². The third kappa shape index (κ3) is 3.29. The lowest BCUT2D eigenvalue weighted by atomic mass is 10.1. The van der Waals surface area contributed by atoms with Gasteiger partial charge >= 0.3 is 0 Å². The molecule has 0 N–H and O–H groups in total. The van der Waals surface area contributed by atoms with E-state index in [1.165, 1.54) is 0 Å². The summed E-state index contributed by atoms with van der Waals surface area (Å²) in [5.41, 5.74) is 2.14. The molecule has 1 heterocycles. The van der Waals surface area contributed by atoms with E-state index in [0.717, 1.165) is 24.4 Å². The van der Waals surface area contributed by atoms with Crippen molar-refractivity contribution in [1.29, 1.82) is 0 Å². The van der Waals surface area contributed by atoms with Gasteiger partial charge in [0.05, 0.1) is 19.6 Å². The summed E-state index contributed by atoms with van der Waals surface area (Å²) in [5.74, 6) is 0.871. The van der Waals surface area contributed by atoms with Crippen molar-refractivity contribution < 1.29 is 4.74 Å². The first-order valence-electron chi connectivity index (χ1n) is 5.43. The molecule has 0 radical (unpaired) electrons. The number of hydrogen-bond acceptors (Lipinski definition) is 2. The molecule has 0 saturated carbocycles. The van der Waals surface area contributed by atoms with Crippen LogP contribution in [0.15, 0.2) is 37.9 Å². The highest BCUT2D eigenvalue weighted by Gasteiger charge is 2.16. The Morgan fingerprint density at radius 1 is 1.28 bits per heavy atom. The molecule has 0 aliphatic rings. The van der Waals surface area contributed by atoms with Crippen LogP contribution >= 0.6 is 54.8 Å². The highest BCUT2D eigenvalue weighted by atomic mass is 79.9. The molecule has 2 aromatic rings. The predicted octanol–water partition coefficient (Wildman–Crippen LogP) is 6.00. The number of thiophene rings is 1. The molecule has 1 aromatic carbocycles. The van der Waals surface area contributed by atoms with Crippen LogP contribution in [0.25, 0.3) is 0 Å². The molecule has 1 atom stereocenters. The lowest BCUT2D eigenvalue weighted by molar-refractivity contribution is 0.340. The van der Waals surface area contributed by atoms with Gasteiger partial charge in [-0.2, -0.15) is 0 Å². The van der Waals surface area contributed by atoms with Gasteiger partial charge in [0, 0.05) is 5.56 Å². The Kier molecular flexibility index (Phi) is 5.13. The predicted molar refractivity (Wildman–Crippen MR) is 85.0 cm³/mol. The van der Waals surface area contributed by atoms with Crippen molar-refractivity contribution in [2.75, 3.05) is 6.61 Å². The zero-order valence-electron chi connectivity index (χ0n) is 9.62. The van der Waals surface area contributed by atoms with Gasteiger partial charge < -0.3 is 4.74 Å². The summed E-state index contributed by atoms with van der Waals surface area (Å²) in [5, 5.41) is -0.155. The van der Waals surface area contributed by atoms with Crippen molar-refractivity contribution in [3.05, 3.63) is 49.0 Å². The number of ether oxygens (including phenoxy) is 1. The first kappa shape index (κ1) is 14.4. The molecule has 96 valence electrons. The molecule has 0 fully saturated rings. The third-order valence-electron chi connectivity index (χ3n) is 2.44. The van der Waals surface area contributed by atoms with Crippen LogP contribution in [0, 0.1) is 0 Å². The molecule has 0 amide bonds. The summed E-state index contributed by atoms with van der Waals surface area (Å²) in [6, 6.07) is 9.94. The third-order valence-corrected chi connectivity index (χ3v) is 5.31. The molecule has 2 rings (SSSR count). The molecule has 0 saturated heterocycles. The fourth-order valence-electron chi connectivity index (χ4n) is 1.61. The molecule has 0 spiro atoms. The zero-order valence-corrected chi connectivity index (χ0v) is 14.4. The lowest BCUT2D eigenvalue weighted by Gasteiger charge is -2.10. The highest BCUT2D eigenvalue weighted by Crippen LogP contribution is 2.41. The number of alkyl halides is 1. The Labute approximate surface area is 132 Å².